The minimum absolute atomic E-state index is 1.71. The second-order valence-electron chi connectivity index (χ2n) is 5.31. The third-order valence-corrected chi connectivity index (χ3v) is 3.35. The number of hydrogen-bond acceptors (Lipinski definition) is 1. The number of hydrogen-bond donors (Lipinski definition) is 0. The van der Waals surface area contributed by atoms with Crippen LogP contribution in [0.1, 0.15) is 6.42 Å². The fourth-order valence-electron chi connectivity index (χ4n) is 1.55. The van der Waals surface area contributed by atoms with Crippen molar-refractivity contribution in [2.45, 2.75) is 54.1 Å². The third-order valence-electron chi connectivity index (χ3n) is 3.35. The van der Waals surface area contributed by atoms with Crippen LogP contribution in [0.5, 0.6) is 0 Å². The van der Waals surface area contributed by atoms with E-state index in [1.165, 1.54) is 0 Å². The molecule has 0 aliphatic carbocycles. The van der Waals surface area contributed by atoms with Gasteiger partial charge in [-0.15, -0.1) is 0 Å². The van der Waals surface area contributed by atoms with E-state index in [-0.39, 0.29) is 0 Å². The van der Waals surface area contributed by atoms with Gasteiger partial charge >= 0.3 is 47.6 Å². The van der Waals surface area contributed by atoms with Crippen LogP contribution >= 0.6 is 0 Å². The van der Waals surface area contributed by atoms with Gasteiger partial charge in [-0.25, -0.2) is 0 Å². The lowest BCUT2D eigenvalue weighted by molar-refractivity contribution is -0.461. The van der Waals surface area contributed by atoms with Gasteiger partial charge in [0.2, 0.25) is 0 Å². The van der Waals surface area contributed by atoms with E-state index in [1.54, 1.807) is 0 Å². The average molecular weight is 477 g/mol. The van der Waals surface area contributed by atoms with Crippen molar-refractivity contribution in [3.8, 4) is 0 Å². The predicted octanol–water partition coefficient (Wildman–Crippen LogP) is 6.19. The van der Waals surface area contributed by atoms with Gasteiger partial charge in [-0.3, -0.25) is 0 Å². The fraction of sp³-hybridized carbons (Fsp3) is 0.909. The number of rotatable bonds is 9. The molecule has 0 unspecified atom stereocenters. The summed E-state index contributed by atoms with van der Waals surface area (Å²) in [5, 5.41) is 0. The van der Waals surface area contributed by atoms with Crippen LogP contribution in [0, 0.1) is 7.11 Å². The van der Waals surface area contributed by atoms with Crippen LogP contribution in [0.3, 0.4) is 0 Å². The Bertz CT molecular complexity index is 574. The Morgan fingerprint density at radius 3 is 1.00 bits per heavy atom. The van der Waals surface area contributed by atoms with E-state index < -0.39 is 60.7 Å². The molecule has 0 aromatic carbocycles. The van der Waals surface area contributed by atoms with Crippen molar-refractivity contribution in [1.29, 1.82) is 0 Å². The van der Waals surface area contributed by atoms with Crippen molar-refractivity contribution in [3.05, 3.63) is 7.11 Å². The van der Waals surface area contributed by atoms with Crippen LogP contribution in [0.4, 0.5) is 74.6 Å². The van der Waals surface area contributed by atoms with E-state index in [9.17, 15) is 74.6 Å². The smallest absolute Gasteiger partial charge is 0.379 e. The molecule has 1 nitrogen and oxygen atoms in total. The standard InChI is InChI=1S/C11H6F17O/c1-29-3-2-4(12,13)5(14,15)6(16,17)7(18,19)8(20,21)9(22,23)10(24,25)11(26,27)28/h1-3H2. The van der Waals surface area contributed by atoms with Crippen LogP contribution < -0.4 is 0 Å². The molecule has 0 heterocycles. The molecule has 0 aromatic heterocycles. The largest absolute Gasteiger partial charge is 0.460 e. The van der Waals surface area contributed by atoms with Gasteiger partial charge in [0.1, 0.15) is 0 Å². The molecule has 0 fully saturated rings. The molecule has 18 heteroatoms. The van der Waals surface area contributed by atoms with Crippen molar-refractivity contribution >= 4 is 0 Å². The van der Waals surface area contributed by atoms with Crippen LogP contribution in [-0.2, 0) is 4.74 Å². The zero-order valence-electron chi connectivity index (χ0n) is 13.0. The summed E-state index contributed by atoms with van der Waals surface area (Å²) in [6, 6.07) is 0. The van der Waals surface area contributed by atoms with E-state index in [1.807, 2.05) is 0 Å². The monoisotopic (exact) mass is 477 g/mol. The molecule has 0 rings (SSSR count). The Morgan fingerprint density at radius 2 is 0.724 bits per heavy atom. The SMILES string of the molecule is [CH2]OCCC(F)(F)C(F)(F)C(F)(F)C(F)(F)C(F)(F)C(F)(F)C(F)(F)C(F)(F)F. The highest BCUT2D eigenvalue weighted by molar-refractivity contribution is 5.15. The Labute approximate surface area is 148 Å². The first-order valence-electron chi connectivity index (χ1n) is 6.39. The zero-order valence-corrected chi connectivity index (χ0v) is 13.0. The minimum Gasteiger partial charge on any atom is -0.379 e. The Morgan fingerprint density at radius 1 is 0.448 bits per heavy atom. The van der Waals surface area contributed by atoms with Gasteiger partial charge in [0, 0.05) is 6.42 Å². The lowest BCUT2D eigenvalue weighted by Crippen LogP contribution is -2.74. The van der Waals surface area contributed by atoms with Crippen LogP contribution in [-0.4, -0.2) is 54.2 Å². The lowest BCUT2D eigenvalue weighted by atomic mass is 9.88. The summed E-state index contributed by atoms with van der Waals surface area (Å²) in [5.74, 6) is -56.1. The molecule has 0 N–H and O–H groups in total. The van der Waals surface area contributed by atoms with Gasteiger partial charge < -0.3 is 4.74 Å². The van der Waals surface area contributed by atoms with Gasteiger partial charge in [0.05, 0.1) is 13.7 Å². The summed E-state index contributed by atoms with van der Waals surface area (Å²) in [6.45, 7) is -1.71. The van der Waals surface area contributed by atoms with Crippen molar-refractivity contribution < 1.29 is 79.4 Å². The molecule has 0 aromatic rings. The molecule has 0 spiro atoms. The number of alkyl halides is 17. The first kappa shape index (κ1) is 27.8. The maximum atomic E-state index is 13.2. The van der Waals surface area contributed by atoms with Crippen molar-refractivity contribution in [2.75, 3.05) is 6.61 Å². The molecule has 0 bridgehead atoms. The summed E-state index contributed by atoms with van der Waals surface area (Å²) in [7, 11) is 2.28. The molecule has 0 saturated heterocycles. The summed E-state index contributed by atoms with van der Waals surface area (Å²) >= 11 is 0. The average Bonchev–Trinajstić information content (AvgIpc) is 2.50. The van der Waals surface area contributed by atoms with Crippen LogP contribution in [0.25, 0.3) is 0 Å². The molecule has 0 aliphatic rings. The highest BCUT2D eigenvalue weighted by Crippen LogP contribution is 2.64. The Kier molecular flexibility index (Phi) is 6.87. The quantitative estimate of drug-likeness (QED) is 0.360. The maximum Gasteiger partial charge on any atom is 0.460 e. The normalized spacial score (nSPS) is 16.3. The first-order valence-corrected chi connectivity index (χ1v) is 6.39. The molecule has 175 valence electrons. The van der Waals surface area contributed by atoms with E-state index in [2.05, 4.69) is 11.8 Å². The van der Waals surface area contributed by atoms with Gasteiger partial charge in [0.25, 0.3) is 0 Å². The van der Waals surface area contributed by atoms with E-state index in [0.29, 0.717) is 0 Å². The first-order chi connectivity index (χ1) is 12.3. The summed E-state index contributed by atoms with van der Waals surface area (Å²) in [6.07, 6.45) is -10.4. The highest BCUT2D eigenvalue weighted by Gasteiger charge is 2.95. The Hall–Kier alpha value is -1.23. The van der Waals surface area contributed by atoms with Crippen molar-refractivity contribution in [2.24, 2.45) is 0 Å². The second kappa shape index (κ2) is 7.18. The van der Waals surface area contributed by atoms with E-state index in [0.717, 1.165) is 0 Å². The van der Waals surface area contributed by atoms with Crippen molar-refractivity contribution in [3.63, 3.8) is 0 Å². The van der Waals surface area contributed by atoms with Crippen LogP contribution in [0.2, 0.25) is 0 Å². The molecule has 0 saturated carbocycles. The van der Waals surface area contributed by atoms with E-state index in [4.69, 9.17) is 0 Å². The molecule has 0 aliphatic heterocycles. The van der Waals surface area contributed by atoms with Crippen molar-refractivity contribution in [1.82, 2.24) is 0 Å². The summed E-state index contributed by atoms with van der Waals surface area (Å²) in [5.41, 5.74) is 0. The topological polar surface area (TPSA) is 9.23 Å². The molecule has 29 heavy (non-hydrogen) atoms. The summed E-state index contributed by atoms with van der Waals surface area (Å²) < 4.78 is 221. The predicted molar refractivity (Wildman–Crippen MR) is 56.6 cm³/mol. The maximum absolute atomic E-state index is 13.2. The molecule has 1 radical (unpaired) electrons. The van der Waals surface area contributed by atoms with Gasteiger partial charge in [-0.05, 0) is 0 Å². The number of halogens is 17. The molecule has 0 atom stereocenters. The van der Waals surface area contributed by atoms with E-state index >= 15 is 0 Å². The third kappa shape index (κ3) is 3.68. The second-order valence-corrected chi connectivity index (χ2v) is 5.31. The highest BCUT2D eigenvalue weighted by atomic mass is 19.4. The Balaban J connectivity index is 6.57. The molecular formula is C11H6F17O. The summed E-state index contributed by atoms with van der Waals surface area (Å²) in [4.78, 5) is 0. The molecular weight excluding hydrogens is 471 g/mol. The fourth-order valence-corrected chi connectivity index (χ4v) is 1.55. The van der Waals surface area contributed by atoms with Gasteiger partial charge in [0.15, 0.2) is 0 Å². The molecule has 0 amide bonds. The minimum atomic E-state index is -8.61. The van der Waals surface area contributed by atoms with Gasteiger partial charge in [-0.1, -0.05) is 0 Å². The van der Waals surface area contributed by atoms with Gasteiger partial charge in [-0.2, -0.15) is 74.6 Å². The number of ether oxygens (including phenoxy) is 1. The van der Waals surface area contributed by atoms with Crippen LogP contribution in [0.15, 0.2) is 0 Å². The zero-order chi connectivity index (χ0) is 24.1. The lowest BCUT2D eigenvalue weighted by Gasteiger charge is -2.42.